The number of aromatic amines is 1. The predicted octanol–water partition coefficient (Wildman–Crippen LogP) is 3.18. The maximum absolute atomic E-state index is 11.1. The number of amides is 1. The number of benzene rings is 1. The monoisotopic (exact) mass is 315 g/mol. The fourth-order valence-corrected chi connectivity index (χ4v) is 3.12. The Morgan fingerprint density at radius 1 is 1.27 bits per heavy atom. The van der Waals surface area contributed by atoms with Gasteiger partial charge in [-0.15, -0.1) is 0 Å². The van der Waals surface area contributed by atoms with Gasteiger partial charge in [-0.3, -0.25) is 4.98 Å². The topological polar surface area (TPSA) is 90.2 Å². The first kappa shape index (κ1) is 14.3. The van der Waals surface area contributed by atoms with Gasteiger partial charge in [0.2, 0.25) is 5.88 Å². The van der Waals surface area contributed by atoms with E-state index < -0.39 is 6.09 Å². The van der Waals surface area contributed by atoms with Gasteiger partial charge in [-0.1, -0.05) is 23.9 Å². The number of nitrogens with two attached hydrogens (primary N) is 1. The molecule has 1 amide bonds. The molecule has 0 atom stereocenters. The standard InChI is InChI=1S/C15H13N3O3S/c1-20-10-6-2-3-7-11(10)22-13-12-9(5-4-8-17-12)18-14(13)21-15(16)19/h2-8,18H,1H3,(H2,16,19). The van der Waals surface area contributed by atoms with Crippen LogP contribution in [-0.2, 0) is 0 Å². The molecule has 1 aromatic carbocycles. The Bertz CT molecular complexity index is 832. The third-order valence-corrected chi connectivity index (χ3v) is 4.10. The number of hydrogen-bond donors (Lipinski definition) is 2. The van der Waals surface area contributed by atoms with Crippen LogP contribution in [-0.4, -0.2) is 23.2 Å². The van der Waals surface area contributed by atoms with Gasteiger partial charge in [0.25, 0.3) is 0 Å². The lowest BCUT2D eigenvalue weighted by atomic mass is 10.3. The number of ether oxygens (including phenoxy) is 2. The summed E-state index contributed by atoms with van der Waals surface area (Å²) in [4.78, 5) is 20.0. The van der Waals surface area contributed by atoms with Crippen LogP contribution in [0.15, 0.2) is 52.4 Å². The van der Waals surface area contributed by atoms with Crippen molar-refractivity contribution >= 4 is 28.9 Å². The van der Waals surface area contributed by atoms with Crippen LogP contribution in [0, 0.1) is 0 Å². The van der Waals surface area contributed by atoms with Crippen LogP contribution in [0.3, 0.4) is 0 Å². The molecule has 0 aliphatic heterocycles. The van der Waals surface area contributed by atoms with Crippen LogP contribution < -0.4 is 15.2 Å². The molecule has 6 nitrogen and oxygen atoms in total. The van der Waals surface area contributed by atoms with E-state index in [1.165, 1.54) is 11.8 Å². The summed E-state index contributed by atoms with van der Waals surface area (Å²) in [6.07, 6.45) is 0.796. The molecular weight excluding hydrogens is 302 g/mol. The van der Waals surface area contributed by atoms with Crippen molar-refractivity contribution in [3.05, 3.63) is 42.6 Å². The number of carbonyl (C=O) groups excluding carboxylic acids is 1. The average Bonchev–Trinajstić information content (AvgIpc) is 2.85. The summed E-state index contributed by atoms with van der Waals surface area (Å²) in [5.74, 6) is 1.000. The average molecular weight is 315 g/mol. The van der Waals surface area contributed by atoms with Gasteiger partial charge in [0.15, 0.2) is 0 Å². The van der Waals surface area contributed by atoms with Crippen molar-refractivity contribution < 1.29 is 14.3 Å². The molecule has 0 fully saturated rings. The number of para-hydroxylation sites is 1. The van der Waals surface area contributed by atoms with Crippen LogP contribution in [0.4, 0.5) is 4.79 Å². The summed E-state index contributed by atoms with van der Waals surface area (Å²) in [7, 11) is 1.60. The van der Waals surface area contributed by atoms with Gasteiger partial charge in [-0.05, 0) is 24.3 Å². The largest absolute Gasteiger partial charge is 0.496 e. The molecule has 0 unspecified atom stereocenters. The molecule has 112 valence electrons. The highest BCUT2D eigenvalue weighted by molar-refractivity contribution is 7.99. The number of H-pyrrole nitrogens is 1. The highest BCUT2D eigenvalue weighted by atomic mass is 32.2. The molecule has 22 heavy (non-hydrogen) atoms. The highest BCUT2D eigenvalue weighted by Crippen LogP contribution is 2.42. The Morgan fingerprint density at radius 3 is 2.86 bits per heavy atom. The first-order valence-corrected chi connectivity index (χ1v) is 7.25. The Labute approximate surface area is 130 Å². The van der Waals surface area contributed by atoms with Crippen molar-refractivity contribution in [2.75, 3.05) is 7.11 Å². The predicted molar refractivity (Wildman–Crippen MR) is 83.4 cm³/mol. The molecule has 3 rings (SSSR count). The number of nitrogens with one attached hydrogen (secondary N) is 1. The SMILES string of the molecule is COc1ccccc1Sc1c(OC(N)=O)[nH]c2cccnc12. The third kappa shape index (κ3) is 2.71. The van der Waals surface area contributed by atoms with Crippen LogP contribution in [0.1, 0.15) is 0 Å². The number of hydrogen-bond acceptors (Lipinski definition) is 5. The van der Waals surface area contributed by atoms with Crippen LogP contribution in [0.2, 0.25) is 0 Å². The number of methoxy groups -OCH3 is 1. The molecule has 2 heterocycles. The van der Waals surface area contributed by atoms with Crippen molar-refractivity contribution in [1.82, 2.24) is 9.97 Å². The number of nitrogens with zero attached hydrogens (tertiary/aromatic N) is 1. The quantitative estimate of drug-likeness (QED) is 0.771. The van der Waals surface area contributed by atoms with E-state index >= 15 is 0 Å². The van der Waals surface area contributed by atoms with E-state index in [0.717, 1.165) is 16.2 Å². The second-order valence-corrected chi connectivity index (χ2v) is 5.41. The second kappa shape index (κ2) is 5.98. The van der Waals surface area contributed by atoms with Gasteiger partial charge >= 0.3 is 6.09 Å². The Hall–Kier alpha value is -2.67. The minimum absolute atomic E-state index is 0.275. The molecule has 7 heteroatoms. The minimum Gasteiger partial charge on any atom is -0.496 e. The zero-order valence-corrected chi connectivity index (χ0v) is 12.5. The molecule has 0 saturated heterocycles. The Morgan fingerprint density at radius 2 is 2.09 bits per heavy atom. The first-order chi connectivity index (χ1) is 10.7. The minimum atomic E-state index is -0.881. The molecule has 0 bridgehead atoms. The van der Waals surface area contributed by atoms with Gasteiger partial charge in [0.1, 0.15) is 16.2 Å². The fourth-order valence-electron chi connectivity index (χ4n) is 2.05. The third-order valence-electron chi connectivity index (χ3n) is 2.96. The Kier molecular flexibility index (Phi) is 3.88. The van der Waals surface area contributed by atoms with Crippen LogP contribution in [0.5, 0.6) is 11.6 Å². The zero-order valence-electron chi connectivity index (χ0n) is 11.7. The molecule has 3 N–H and O–H groups in total. The van der Waals surface area contributed by atoms with E-state index in [-0.39, 0.29) is 5.88 Å². The van der Waals surface area contributed by atoms with Crippen LogP contribution in [0.25, 0.3) is 11.0 Å². The summed E-state index contributed by atoms with van der Waals surface area (Å²) in [5, 5.41) is 0. The van der Waals surface area contributed by atoms with Crippen LogP contribution >= 0.6 is 11.8 Å². The van der Waals surface area contributed by atoms with E-state index in [9.17, 15) is 4.79 Å². The molecule has 0 radical (unpaired) electrons. The summed E-state index contributed by atoms with van der Waals surface area (Å²) < 4.78 is 10.4. The van der Waals surface area contributed by atoms with Gasteiger partial charge < -0.3 is 20.2 Å². The molecule has 0 aliphatic rings. The molecule has 2 aromatic heterocycles. The van der Waals surface area contributed by atoms with E-state index in [4.69, 9.17) is 15.2 Å². The Balaban J connectivity index is 2.10. The summed E-state index contributed by atoms with van der Waals surface area (Å²) in [6.45, 7) is 0. The first-order valence-electron chi connectivity index (χ1n) is 6.44. The molecule has 0 aliphatic carbocycles. The second-order valence-electron chi connectivity index (χ2n) is 4.36. The normalized spacial score (nSPS) is 10.6. The van der Waals surface area contributed by atoms with E-state index in [2.05, 4.69) is 9.97 Å². The lowest BCUT2D eigenvalue weighted by molar-refractivity contribution is 0.208. The maximum atomic E-state index is 11.1. The number of carbonyl (C=O) groups is 1. The van der Waals surface area contributed by atoms with Crippen molar-refractivity contribution in [1.29, 1.82) is 0 Å². The van der Waals surface area contributed by atoms with Gasteiger partial charge in [0, 0.05) is 6.20 Å². The lowest BCUT2D eigenvalue weighted by Gasteiger charge is -2.08. The van der Waals surface area contributed by atoms with Crippen molar-refractivity contribution in [2.24, 2.45) is 5.73 Å². The van der Waals surface area contributed by atoms with E-state index in [1.807, 2.05) is 30.3 Å². The van der Waals surface area contributed by atoms with Crippen molar-refractivity contribution in [2.45, 2.75) is 9.79 Å². The number of primary amides is 1. The maximum Gasteiger partial charge on any atom is 0.411 e. The molecule has 0 saturated carbocycles. The smallest absolute Gasteiger partial charge is 0.411 e. The summed E-state index contributed by atoms with van der Waals surface area (Å²) >= 11 is 1.39. The fraction of sp³-hybridized carbons (Fsp3) is 0.0667. The van der Waals surface area contributed by atoms with E-state index in [0.29, 0.717) is 10.4 Å². The van der Waals surface area contributed by atoms with E-state index in [1.54, 1.807) is 19.4 Å². The molecule has 3 aromatic rings. The van der Waals surface area contributed by atoms with Crippen molar-refractivity contribution in [3.8, 4) is 11.6 Å². The zero-order chi connectivity index (χ0) is 15.5. The van der Waals surface area contributed by atoms with Gasteiger partial charge in [-0.2, -0.15) is 0 Å². The molecule has 0 spiro atoms. The number of rotatable bonds is 4. The summed E-state index contributed by atoms with van der Waals surface area (Å²) in [5.41, 5.74) is 6.59. The lowest BCUT2D eigenvalue weighted by Crippen LogP contribution is -2.16. The number of fused-ring (bicyclic) bond motifs is 1. The number of aromatic nitrogens is 2. The molecular formula is C15H13N3O3S. The summed E-state index contributed by atoms with van der Waals surface area (Å²) in [6, 6.07) is 11.2. The van der Waals surface area contributed by atoms with Crippen molar-refractivity contribution in [3.63, 3.8) is 0 Å². The van der Waals surface area contributed by atoms with Gasteiger partial charge in [0.05, 0.1) is 17.5 Å². The van der Waals surface area contributed by atoms with Gasteiger partial charge in [-0.25, -0.2) is 4.79 Å². The number of pyridine rings is 1. The highest BCUT2D eigenvalue weighted by Gasteiger charge is 2.18.